The van der Waals surface area contributed by atoms with Crippen LogP contribution in [0.2, 0.25) is 5.02 Å². The van der Waals surface area contributed by atoms with E-state index in [1.54, 1.807) is 24.3 Å². The second-order valence-electron chi connectivity index (χ2n) is 5.14. The predicted octanol–water partition coefficient (Wildman–Crippen LogP) is 2.65. The summed E-state index contributed by atoms with van der Waals surface area (Å²) in [6.07, 6.45) is 0.430. The zero-order valence-electron chi connectivity index (χ0n) is 13.2. The van der Waals surface area contributed by atoms with Crippen molar-refractivity contribution in [1.82, 2.24) is 15.0 Å². The summed E-state index contributed by atoms with van der Waals surface area (Å²) in [7, 11) is 0. The minimum atomic E-state index is -0.925. The van der Waals surface area contributed by atoms with Crippen LogP contribution >= 0.6 is 11.6 Å². The number of aromatic nitrogens is 2. The van der Waals surface area contributed by atoms with Crippen molar-refractivity contribution in [2.75, 3.05) is 13.1 Å². The SMILES string of the molecule is CCN(CCC(=O)O)C(=O)CCc1nc(-c2ccc(Cl)cc2)no1. The van der Waals surface area contributed by atoms with Crippen molar-refractivity contribution < 1.29 is 19.2 Å². The van der Waals surface area contributed by atoms with Gasteiger partial charge in [0.25, 0.3) is 0 Å². The number of hydrogen-bond acceptors (Lipinski definition) is 5. The quantitative estimate of drug-likeness (QED) is 0.785. The molecule has 0 bridgehead atoms. The standard InChI is InChI=1S/C16H18ClN3O4/c1-2-20(10-9-15(22)23)14(21)8-7-13-18-16(19-24-13)11-3-5-12(17)6-4-11/h3-6H,2,7-10H2,1H3,(H,22,23). The van der Waals surface area contributed by atoms with Gasteiger partial charge in [0, 0.05) is 36.5 Å². The third-order valence-electron chi connectivity index (χ3n) is 3.45. The molecule has 128 valence electrons. The van der Waals surface area contributed by atoms with E-state index in [-0.39, 0.29) is 25.3 Å². The number of aliphatic carboxylic acids is 1. The highest BCUT2D eigenvalue weighted by Gasteiger charge is 2.15. The molecule has 8 heteroatoms. The molecule has 0 aliphatic heterocycles. The van der Waals surface area contributed by atoms with Gasteiger partial charge < -0.3 is 14.5 Å². The summed E-state index contributed by atoms with van der Waals surface area (Å²) in [5.74, 6) is -0.259. The van der Waals surface area contributed by atoms with Crippen LogP contribution in [0.3, 0.4) is 0 Å². The molecule has 1 N–H and O–H groups in total. The molecule has 0 aliphatic carbocycles. The third-order valence-corrected chi connectivity index (χ3v) is 3.71. The number of nitrogens with zero attached hydrogens (tertiary/aromatic N) is 3. The van der Waals surface area contributed by atoms with Crippen LogP contribution < -0.4 is 0 Å². The first-order valence-corrected chi connectivity index (χ1v) is 7.95. The second kappa shape index (κ2) is 8.44. The van der Waals surface area contributed by atoms with E-state index in [1.807, 2.05) is 6.92 Å². The molecule has 1 aromatic heterocycles. The van der Waals surface area contributed by atoms with Crippen LogP contribution in [0.15, 0.2) is 28.8 Å². The number of hydrogen-bond donors (Lipinski definition) is 1. The van der Waals surface area contributed by atoms with Gasteiger partial charge in [0.15, 0.2) is 0 Å². The summed E-state index contributed by atoms with van der Waals surface area (Å²) in [4.78, 5) is 28.5. The zero-order valence-corrected chi connectivity index (χ0v) is 14.0. The minimum Gasteiger partial charge on any atom is -0.481 e. The Bertz CT molecular complexity index is 700. The van der Waals surface area contributed by atoms with Gasteiger partial charge in [0.05, 0.1) is 6.42 Å². The predicted molar refractivity (Wildman–Crippen MR) is 87.6 cm³/mol. The average Bonchev–Trinajstić information content (AvgIpc) is 3.03. The molecule has 1 aromatic carbocycles. The van der Waals surface area contributed by atoms with Crippen LogP contribution in [0.25, 0.3) is 11.4 Å². The average molecular weight is 352 g/mol. The number of carbonyl (C=O) groups is 2. The molecule has 0 saturated heterocycles. The van der Waals surface area contributed by atoms with Crippen LogP contribution in [0.1, 0.15) is 25.7 Å². The number of halogens is 1. The number of carboxylic acids is 1. The first-order valence-electron chi connectivity index (χ1n) is 7.57. The Kier molecular flexibility index (Phi) is 6.31. The van der Waals surface area contributed by atoms with E-state index in [0.717, 1.165) is 5.56 Å². The van der Waals surface area contributed by atoms with Crippen LogP contribution in [-0.4, -0.2) is 45.1 Å². The maximum atomic E-state index is 12.1. The molecule has 1 heterocycles. The maximum absolute atomic E-state index is 12.1. The molecular formula is C16H18ClN3O4. The van der Waals surface area contributed by atoms with Gasteiger partial charge in [-0.15, -0.1) is 0 Å². The number of amides is 1. The van der Waals surface area contributed by atoms with Crippen molar-refractivity contribution in [2.45, 2.75) is 26.2 Å². The Morgan fingerprint density at radius 2 is 1.96 bits per heavy atom. The molecule has 1 amide bonds. The molecule has 0 radical (unpaired) electrons. The summed E-state index contributed by atoms with van der Waals surface area (Å²) in [5, 5.41) is 13.2. The van der Waals surface area contributed by atoms with Crippen molar-refractivity contribution in [3.8, 4) is 11.4 Å². The van der Waals surface area contributed by atoms with Crippen molar-refractivity contribution in [1.29, 1.82) is 0 Å². The van der Waals surface area contributed by atoms with Gasteiger partial charge in [-0.05, 0) is 31.2 Å². The van der Waals surface area contributed by atoms with Crippen molar-refractivity contribution >= 4 is 23.5 Å². The number of rotatable bonds is 8. The lowest BCUT2D eigenvalue weighted by Gasteiger charge is -2.19. The second-order valence-corrected chi connectivity index (χ2v) is 5.57. The van der Waals surface area contributed by atoms with Crippen LogP contribution in [0.4, 0.5) is 0 Å². The molecule has 0 aliphatic rings. The van der Waals surface area contributed by atoms with E-state index in [1.165, 1.54) is 4.90 Å². The van der Waals surface area contributed by atoms with E-state index >= 15 is 0 Å². The highest BCUT2D eigenvalue weighted by molar-refractivity contribution is 6.30. The smallest absolute Gasteiger partial charge is 0.305 e. The van der Waals surface area contributed by atoms with Crippen LogP contribution in [0.5, 0.6) is 0 Å². The van der Waals surface area contributed by atoms with Gasteiger partial charge in [-0.1, -0.05) is 16.8 Å². The summed E-state index contributed by atoms with van der Waals surface area (Å²) in [5.41, 5.74) is 0.775. The summed E-state index contributed by atoms with van der Waals surface area (Å²) >= 11 is 5.83. The Labute approximate surface area is 144 Å². The molecule has 0 atom stereocenters. The van der Waals surface area contributed by atoms with E-state index in [0.29, 0.717) is 29.7 Å². The van der Waals surface area contributed by atoms with Gasteiger partial charge in [-0.2, -0.15) is 4.98 Å². The Hall–Kier alpha value is -2.41. The van der Waals surface area contributed by atoms with E-state index in [9.17, 15) is 9.59 Å². The highest BCUT2D eigenvalue weighted by atomic mass is 35.5. The summed E-state index contributed by atoms with van der Waals surface area (Å²) in [6.45, 7) is 2.47. The lowest BCUT2D eigenvalue weighted by molar-refractivity contribution is -0.138. The molecule has 24 heavy (non-hydrogen) atoms. The molecule has 7 nitrogen and oxygen atoms in total. The van der Waals surface area contributed by atoms with Crippen molar-refractivity contribution in [3.05, 3.63) is 35.2 Å². The molecule has 2 rings (SSSR count). The van der Waals surface area contributed by atoms with Crippen LogP contribution in [0, 0.1) is 0 Å². The normalized spacial score (nSPS) is 10.6. The van der Waals surface area contributed by atoms with Gasteiger partial charge in [-0.3, -0.25) is 9.59 Å². The van der Waals surface area contributed by atoms with Gasteiger partial charge in [0.1, 0.15) is 0 Å². The number of benzene rings is 1. The Morgan fingerprint density at radius 1 is 1.25 bits per heavy atom. The van der Waals surface area contributed by atoms with Crippen molar-refractivity contribution in [3.63, 3.8) is 0 Å². The van der Waals surface area contributed by atoms with E-state index in [4.69, 9.17) is 21.2 Å². The lowest BCUT2D eigenvalue weighted by Crippen LogP contribution is -2.33. The molecule has 2 aromatic rings. The molecule has 0 fully saturated rings. The molecular weight excluding hydrogens is 334 g/mol. The first kappa shape index (κ1) is 17.9. The Morgan fingerprint density at radius 3 is 2.58 bits per heavy atom. The van der Waals surface area contributed by atoms with Gasteiger partial charge in [0.2, 0.25) is 17.6 Å². The van der Waals surface area contributed by atoms with E-state index < -0.39 is 5.97 Å². The fraction of sp³-hybridized carbons (Fsp3) is 0.375. The molecule has 0 spiro atoms. The first-order chi connectivity index (χ1) is 11.5. The number of carboxylic acid groups (broad SMARTS) is 1. The zero-order chi connectivity index (χ0) is 17.5. The number of carbonyl (C=O) groups excluding carboxylic acids is 1. The largest absolute Gasteiger partial charge is 0.481 e. The van der Waals surface area contributed by atoms with Gasteiger partial charge in [-0.25, -0.2) is 0 Å². The van der Waals surface area contributed by atoms with E-state index in [2.05, 4.69) is 10.1 Å². The monoisotopic (exact) mass is 351 g/mol. The van der Waals surface area contributed by atoms with Crippen molar-refractivity contribution in [2.24, 2.45) is 0 Å². The molecule has 0 saturated carbocycles. The molecule has 0 unspecified atom stereocenters. The van der Waals surface area contributed by atoms with Crippen LogP contribution in [-0.2, 0) is 16.0 Å². The summed E-state index contributed by atoms with van der Waals surface area (Å²) in [6, 6.07) is 7.04. The topological polar surface area (TPSA) is 96.5 Å². The highest BCUT2D eigenvalue weighted by Crippen LogP contribution is 2.19. The fourth-order valence-corrected chi connectivity index (χ4v) is 2.26. The lowest BCUT2D eigenvalue weighted by atomic mass is 10.2. The maximum Gasteiger partial charge on any atom is 0.305 e. The summed E-state index contributed by atoms with van der Waals surface area (Å²) < 4.78 is 5.15. The fourth-order valence-electron chi connectivity index (χ4n) is 2.13. The minimum absolute atomic E-state index is 0.0686. The third kappa shape index (κ3) is 5.06. The number of aryl methyl sites for hydroxylation is 1. The Balaban J connectivity index is 1.91. The van der Waals surface area contributed by atoms with Gasteiger partial charge >= 0.3 is 5.97 Å².